The largest absolute Gasteiger partial charge is 0.491 e. The number of rotatable bonds is 5. The number of aromatic nitrogens is 4. The number of pyridine rings is 1. The summed E-state index contributed by atoms with van der Waals surface area (Å²) in [4.78, 5) is 15.2. The van der Waals surface area contributed by atoms with Gasteiger partial charge in [-0.25, -0.2) is 15.0 Å². The van der Waals surface area contributed by atoms with E-state index in [4.69, 9.17) is 25.4 Å². The summed E-state index contributed by atoms with van der Waals surface area (Å²) in [5, 5.41) is 18.2. The molecule has 4 aromatic rings. The topological polar surface area (TPSA) is 132 Å². The Bertz CT molecular complexity index is 1290. The number of anilines is 2. The summed E-state index contributed by atoms with van der Waals surface area (Å²) >= 11 is 0. The number of fused-ring (bicyclic) bond motifs is 2. The number of aliphatic hydroxyl groups is 2. The molecule has 2 atom stereocenters. The van der Waals surface area contributed by atoms with Crippen LogP contribution in [0.1, 0.15) is 32.9 Å². The van der Waals surface area contributed by atoms with Gasteiger partial charge in [-0.1, -0.05) is 0 Å². The number of nitrogens with two attached hydrogens (primary N) is 1. The number of hydrogen-bond acceptors (Lipinski definition) is 9. The van der Waals surface area contributed by atoms with Crippen LogP contribution in [0.15, 0.2) is 48.9 Å². The van der Waals surface area contributed by atoms with E-state index in [0.717, 1.165) is 46.3 Å². The molecular formula is C25H32N6O4. The molecule has 0 saturated carbocycles. The zero-order valence-corrected chi connectivity index (χ0v) is 20.4. The van der Waals surface area contributed by atoms with Crippen molar-refractivity contribution in [3.8, 4) is 5.75 Å². The molecule has 35 heavy (non-hydrogen) atoms. The van der Waals surface area contributed by atoms with Crippen molar-refractivity contribution in [2.45, 2.75) is 44.8 Å². The summed E-state index contributed by atoms with van der Waals surface area (Å²) in [5.41, 5.74) is 7.50. The Labute approximate surface area is 203 Å². The molecule has 0 radical (unpaired) electrons. The average Bonchev–Trinajstić information content (AvgIpc) is 3.42. The van der Waals surface area contributed by atoms with Crippen molar-refractivity contribution in [2.75, 3.05) is 31.3 Å². The van der Waals surface area contributed by atoms with E-state index in [0.29, 0.717) is 12.4 Å². The Morgan fingerprint density at radius 1 is 1.14 bits per heavy atom. The Hall–Kier alpha value is -3.47. The minimum Gasteiger partial charge on any atom is -0.491 e. The van der Waals surface area contributed by atoms with Gasteiger partial charge in [0.05, 0.1) is 17.0 Å². The van der Waals surface area contributed by atoms with E-state index in [1.165, 1.54) is 13.8 Å². The highest BCUT2D eigenvalue weighted by molar-refractivity contribution is 5.87. The number of nitrogen functional groups attached to an aromatic ring is 1. The molecule has 186 valence electrons. The van der Waals surface area contributed by atoms with Gasteiger partial charge >= 0.3 is 0 Å². The first-order valence-electron chi connectivity index (χ1n) is 11.5. The fraction of sp³-hybridized carbons (Fsp3) is 0.400. The number of hydrogen-bond donors (Lipinski definition) is 3. The fourth-order valence-corrected chi connectivity index (χ4v) is 3.95. The van der Waals surface area contributed by atoms with Crippen LogP contribution in [-0.2, 0) is 4.74 Å². The highest BCUT2D eigenvalue weighted by atomic mass is 16.6. The van der Waals surface area contributed by atoms with Gasteiger partial charge in [0.25, 0.3) is 0 Å². The van der Waals surface area contributed by atoms with Gasteiger partial charge in [0, 0.05) is 31.7 Å². The van der Waals surface area contributed by atoms with Crippen molar-refractivity contribution in [1.82, 2.24) is 19.5 Å². The molecule has 4 heterocycles. The Morgan fingerprint density at radius 3 is 2.63 bits per heavy atom. The highest BCUT2D eigenvalue weighted by Gasteiger charge is 2.28. The highest BCUT2D eigenvalue weighted by Crippen LogP contribution is 2.33. The molecule has 2 unspecified atom stereocenters. The predicted molar refractivity (Wildman–Crippen MR) is 135 cm³/mol. The van der Waals surface area contributed by atoms with Gasteiger partial charge in [0.2, 0.25) is 0 Å². The molecule has 1 aliphatic heterocycles. The van der Waals surface area contributed by atoms with E-state index < -0.39 is 5.79 Å². The molecule has 3 aromatic heterocycles. The van der Waals surface area contributed by atoms with Crippen LogP contribution in [0.25, 0.3) is 21.9 Å². The van der Waals surface area contributed by atoms with Crippen LogP contribution in [-0.4, -0.2) is 62.3 Å². The number of nitrogens with zero attached hydrogens (tertiary/aromatic N) is 5. The van der Waals surface area contributed by atoms with Crippen molar-refractivity contribution < 1.29 is 19.7 Å². The molecule has 10 heteroatoms. The predicted octanol–water partition coefficient (Wildman–Crippen LogP) is 3.09. The lowest BCUT2D eigenvalue weighted by molar-refractivity contribution is -0.127. The summed E-state index contributed by atoms with van der Waals surface area (Å²) in [6, 6.07) is 11.7. The first kappa shape index (κ1) is 24.6. The van der Waals surface area contributed by atoms with Gasteiger partial charge in [-0.2, -0.15) is 0 Å². The lowest BCUT2D eigenvalue weighted by Crippen LogP contribution is -2.18. The summed E-state index contributed by atoms with van der Waals surface area (Å²) in [6.45, 7) is 3.08. The molecule has 4 N–H and O–H groups in total. The van der Waals surface area contributed by atoms with E-state index >= 15 is 0 Å². The zero-order chi connectivity index (χ0) is 25.2. The first-order chi connectivity index (χ1) is 16.6. The number of ether oxygens (including phenoxy) is 2. The normalized spacial score (nSPS) is 17.9. The maximum atomic E-state index is 8.08. The van der Waals surface area contributed by atoms with Crippen LogP contribution < -0.4 is 15.4 Å². The van der Waals surface area contributed by atoms with E-state index in [1.54, 1.807) is 12.4 Å². The van der Waals surface area contributed by atoms with E-state index in [-0.39, 0.29) is 12.3 Å². The van der Waals surface area contributed by atoms with Crippen LogP contribution >= 0.6 is 0 Å². The maximum absolute atomic E-state index is 8.08. The van der Waals surface area contributed by atoms with Crippen molar-refractivity contribution >= 4 is 33.6 Å². The van der Waals surface area contributed by atoms with Gasteiger partial charge in [0.15, 0.2) is 5.79 Å². The van der Waals surface area contributed by atoms with E-state index in [1.807, 2.05) is 55.5 Å². The van der Waals surface area contributed by atoms with Crippen LogP contribution in [0.2, 0.25) is 0 Å². The summed E-state index contributed by atoms with van der Waals surface area (Å²) < 4.78 is 14.4. The van der Waals surface area contributed by atoms with Crippen LogP contribution in [0.3, 0.4) is 0 Å². The van der Waals surface area contributed by atoms with Gasteiger partial charge in [-0.3, -0.25) is 0 Å². The Balaban J connectivity index is 0.000000527. The van der Waals surface area contributed by atoms with Crippen molar-refractivity contribution in [3.63, 3.8) is 0 Å². The van der Waals surface area contributed by atoms with Gasteiger partial charge in [-0.05, 0) is 57.0 Å². The third-order valence-electron chi connectivity index (χ3n) is 5.43. The van der Waals surface area contributed by atoms with Crippen LogP contribution in [0.4, 0.5) is 11.6 Å². The maximum Gasteiger partial charge on any atom is 0.156 e. The second kappa shape index (κ2) is 10.0. The van der Waals surface area contributed by atoms with Gasteiger partial charge in [-0.15, -0.1) is 0 Å². The van der Waals surface area contributed by atoms with E-state index in [9.17, 15) is 0 Å². The standard InChI is InChI=1S/C22H24N6O2.C3H8O2/c1-27(2)21-17-9-10-28(22(17)25-13-24-21)20-8-6-16(30-20)12-29-15-5-3-14-4-7-19(23)26-18(14)11-15;1-3(2,4)5/h3-5,7,9-11,13,16,20H,6,8,12H2,1-2H3,(H2,23,26);4-5H,1-2H3. The Kier molecular flexibility index (Phi) is 7.06. The minimum absolute atomic E-state index is 0.0205. The molecule has 0 amide bonds. The molecule has 1 fully saturated rings. The van der Waals surface area contributed by atoms with Crippen molar-refractivity contribution in [2.24, 2.45) is 0 Å². The van der Waals surface area contributed by atoms with Crippen molar-refractivity contribution in [1.29, 1.82) is 0 Å². The van der Waals surface area contributed by atoms with Gasteiger partial charge < -0.3 is 34.9 Å². The lowest BCUT2D eigenvalue weighted by Gasteiger charge is -2.17. The minimum atomic E-state index is -1.50. The molecule has 1 aliphatic rings. The lowest BCUT2D eigenvalue weighted by atomic mass is 10.2. The fourth-order valence-electron chi connectivity index (χ4n) is 3.95. The molecule has 0 bridgehead atoms. The number of benzene rings is 1. The molecule has 1 saturated heterocycles. The zero-order valence-electron chi connectivity index (χ0n) is 20.4. The van der Waals surface area contributed by atoms with Crippen LogP contribution in [0.5, 0.6) is 5.75 Å². The summed E-state index contributed by atoms with van der Waals surface area (Å²) in [5.74, 6) is 0.673. The summed E-state index contributed by atoms with van der Waals surface area (Å²) in [7, 11) is 3.96. The SMILES string of the molecule is CC(C)(O)O.CN(C)c1ncnc2c1ccn2C1CCC(COc2ccc3ccc(N)nc3c2)O1. The molecular weight excluding hydrogens is 448 g/mol. The second-order valence-electron chi connectivity index (χ2n) is 9.24. The molecule has 0 spiro atoms. The molecule has 5 rings (SSSR count). The molecule has 1 aromatic carbocycles. The monoisotopic (exact) mass is 480 g/mol. The van der Waals surface area contributed by atoms with Crippen molar-refractivity contribution in [3.05, 3.63) is 48.9 Å². The first-order valence-corrected chi connectivity index (χ1v) is 11.5. The average molecular weight is 481 g/mol. The quantitative estimate of drug-likeness (QED) is 0.369. The third-order valence-corrected chi connectivity index (χ3v) is 5.43. The summed E-state index contributed by atoms with van der Waals surface area (Å²) in [6.07, 6.45) is 5.43. The van der Waals surface area contributed by atoms with Gasteiger partial charge in [0.1, 0.15) is 42.2 Å². The smallest absolute Gasteiger partial charge is 0.156 e. The third kappa shape index (κ3) is 6.16. The van der Waals surface area contributed by atoms with Crippen LogP contribution in [0, 0.1) is 0 Å². The molecule has 0 aliphatic carbocycles. The van der Waals surface area contributed by atoms with E-state index in [2.05, 4.69) is 19.5 Å². The second-order valence-corrected chi connectivity index (χ2v) is 9.24. The molecule has 10 nitrogen and oxygen atoms in total. The Morgan fingerprint density at radius 2 is 1.89 bits per heavy atom.